The van der Waals surface area contributed by atoms with Crippen LogP contribution < -0.4 is 0 Å². The van der Waals surface area contributed by atoms with Crippen LogP contribution in [0.15, 0.2) is 35.9 Å². The molecule has 0 spiro atoms. The van der Waals surface area contributed by atoms with E-state index in [0.29, 0.717) is 11.0 Å². The fraction of sp³-hybridized carbons (Fsp3) is 0.273. The largest absolute Gasteiger partial charge is 0.462 e. The maximum atomic E-state index is 11.4. The van der Waals surface area contributed by atoms with Crippen molar-refractivity contribution < 1.29 is 9.53 Å². The standard InChI is InChI=1S/C11H10Cl2N4O2S/c12-8(13)6-19-10(18)7-20-11-14-4-2-9(16-11)17-5-1-3-15-17/h1-5,8H,6-7H2. The molecule has 0 saturated heterocycles. The van der Waals surface area contributed by atoms with Crippen LogP contribution in [0.3, 0.4) is 0 Å². The molecule has 0 saturated carbocycles. The molecule has 106 valence electrons. The van der Waals surface area contributed by atoms with Gasteiger partial charge in [-0.2, -0.15) is 5.10 Å². The lowest BCUT2D eigenvalue weighted by molar-refractivity contribution is -0.140. The zero-order chi connectivity index (χ0) is 14.4. The Hall–Kier alpha value is -1.31. The number of ether oxygens (including phenoxy) is 1. The maximum Gasteiger partial charge on any atom is 0.316 e. The van der Waals surface area contributed by atoms with Crippen molar-refractivity contribution in [1.82, 2.24) is 19.7 Å². The van der Waals surface area contributed by atoms with Gasteiger partial charge >= 0.3 is 5.97 Å². The molecule has 0 amide bonds. The van der Waals surface area contributed by atoms with Crippen LogP contribution in [0, 0.1) is 0 Å². The SMILES string of the molecule is O=C(CSc1nccc(-n2cccn2)n1)OCC(Cl)Cl. The van der Waals surface area contributed by atoms with Crippen LogP contribution in [-0.2, 0) is 9.53 Å². The lowest BCUT2D eigenvalue weighted by Crippen LogP contribution is -2.12. The van der Waals surface area contributed by atoms with E-state index in [1.807, 2.05) is 0 Å². The van der Waals surface area contributed by atoms with Gasteiger partial charge in [-0.3, -0.25) is 4.79 Å². The van der Waals surface area contributed by atoms with Crippen molar-refractivity contribution in [3.8, 4) is 5.82 Å². The predicted octanol–water partition coefficient (Wildman–Crippen LogP) is 2.10. The van der Waals surface area contributed by atoms with Crippen molar-refractivity contribution >= 4 is 40.9 Å². The highest BCUT2D eigenvalue weighted by atomic mass is 35.5. The van der Waals surface area contributed by atoms with Crippen LogP contribution >= 0.6 is 35.0 Å². The summed E-state index contributed by atoms with van der Waals surface area (Å²) >= 11 is 12.1. The number of carbonyl (C=O) groups is 1. The Kier molecular flexibility index (Phi) is 5.63. The molecule has 0 aliphatic heterocycles. The summed E-state index contributed by atoms with van der Waals surface area (Å²) in [6.07, 6.45) is 5.03. The molecule has 0 unspecified atom stereocenters. The minimum Gasteiger partial charge on any atom is -0.462 e. The summed E-state index contributed by atoms with van der Waals surface area (Å²) in [7, 11) is 0. The van der Waals surface area contributed by atoms with E-state index in [1.54, 1.807) is 35.4 Å². The van der Waals surface area contributed by atoms with E-state index in [2.05, 4.69) is 15.1 Å². The summed E-state index contributed by atoms with van der Waals surface area (Å²) in [6.45, 7) is -0.0311. The smallest absolute Gasteiger partial charge is 0.316 e. The molecule has 0 radical (unpaired) electrons. The van der Waals surface area contributed by atoms with Gasteiger partial charge in [-0.25, -0.2) is 14.6 Å². The fourth-order valence-corrected chi connectivity index (χ4v) is 2.00. The Bertz CT molecular complexity index is 565. The molecule has 2 aromatic heterocycles. The van der Waals surface area contributed by atoms with Crippen molar-refractivity contribution in [3.05, 3.63) is 30.7 Å². The summed E-state index contributed by atoms with van der Waals surface area (Å²) < 4.78 is 6.44. The molecule has 0 aromatic carbocycles. The molecule has 9 heteroatoms. The Morgan fingerprint density at radius 1 is 1.45 bits per heavy atom. The second-order valence-corrected chi connectivity index (χ2v) is 5.73. The molecular formula is C11H10Cl2N4O2S. The molecule has 2 aromatic rings. The Labute approximate surface area is 129 Å². The number of aromatic nitrogens is 4. The lowest BCUT2D eigenvalue weighted by Gasteiger charge is -2.05. The van der Waals surface area contributed by atoms with E-state index in [9.17, 15) is 4.79 Å². The first-order valence-electron chi connectivity index (χ1n) is 5.55. The molecule has 0 atom stereocenters. The second kappa shape index (κ2) is 7.47. The molecule has 20 heavy (non-hydrogen) atoms. The van der Waals surface area contributed by atoms with E-state index in [1.165, 1.54) is 11.8 Å². The predicted molar refractivity (Wildman–Crippen MR) is 76.3 cm³/mol. The molecule has 0 fully saturated rings. The maximum absolute atomic E-state index is 11.4. The van der Waals surface area contributed by atoms with Gasteiger partial charge in [-0.05, 0) is 6.07 Å². The first-order valence-corrected chi connectivity index (χ1v) is 7.40. The van der Waals surface area contributed by atoms with E-state index >= 15 is 0 Å². The number of alkyl halides is 2. The highest BCUT2D eigenvalue weighted by Gasteiger charge is 2.09. The monoisotopic (exact) mass is 332 g/mol. The van der Waals surface area contributed by atoms with Crippen LogP contribution in [0.25, 0.3) is 5.82 Å². The highest BCUT2D eigenvalue weighted by molar-refractivity contribution is 7.99. The first-order chi connectivity index (χ1) is 9.65. The van der Waals surface area contributed by atoms with Crippen LogP contribution in [0.4, 0.5) is 0 Å². The molecular weight excluding hydrogens is 323 g/mol. The summed E-state index contributed by atoms with van der Waals surface area (Å²) in [5.74, 6) is 0.292. The minimum atomic E-state index is -0.719. The Morgan fingerprint density at radius 3 is 3.00 bits per heavy atom. The number of hydrogen-bond donors (Lipinski definition) is 0. The summed E-state index contributed by atoms with van der Waals surface area (Å²) in [5.41, 5.74) is 0. The molecule has 6 nitrogen and oxygen atoms in total. The summed E-state index contributed by atoms with van der Waals surface area (Å²) in [4.78, 5) is 19.0. The van der Waals surface area contributed by atoms with E-state index in [4.69, 9.17) is 27.9 Å². The van der Waals surface area contributed by atoms with Gasteiger partial charge in [0.2, 0.25) is 0 Å². The minimum absolute atomic E-state index is 0.0311. The van der Waals surface area contributed by atoms with E-state index in [-0.39, 0.29) is 12.4 Å². The fourth-order valence-electron chi connectivity index (χ4n) is 1.25. The van der Waals surface area contributed by atoms with Crippen molar-refractivity contribution in [1.29, 1.82) is 0 Å². The number of hydrogen-bond acceptors (Lipinski definition) is 6. The molecule has 0 aliphatic rings. The highest BCUT2D eigenvalue weighted by Crippen LogP contribution is 2.14. The van der Waals surface area contributed by atoms with Crippen LogP contribution in [0.5, 0.6) is 0 Å². The van der Waals surface area contributed by atoms with Crippen molar-refractivity contribution in [2.45, 2.75) is 9.99 Å². The zero-order valence-electron chi connectivity index (χ0n) is 10.1. The van der Waals surface area contributed by atoms with E-state index in [0.717, 1.165) is 0 Å². The lowest BCUT2D eigenvalue weighted by atomic mass is 10.6. The van der Waals surface area contributed by atoms with Crippen LogP contribution in [0.1, 0.15) is 0 Å². The van der Waals surface area contributed by atoms with Gasteiger partial charge in [0.25, 0.3) is 0 Å². The van der Waals surface area contributed by atoms with Gasteiger partial charge in [-0.15, -0.1) is 23.2 Å². The Balaban J connectivity index is 1.90. The van der Waals surface area contributed by atoms with Crippen molar-refractivity contribution in [2.75, 3.05) is 12.4 Å². The number of esters is 1. The second-order valence-electron chi connectivity index (χ2n) is 3.51. The third kappa shape index (κ3) is 4.66. The van der Waals surface area contributed by atoms with Gasteiger partial charge in [0.1, 0.15) is 11.4 Å². The number of nitrogens with zero attached hydrogens (tertiary/aromatic N) is 4. The van der Waals surface area contributed by atoms with Gasteiger partial charge in [0.15, 0.2) is 11.0 Å². The summed E-state index contributed by atoms with van der Waals surface area (Å²) in [5, 5.41) is 4.53. The average molecular weight is 333 g/mol. The summed E-state index contributed by atoms with van der Waals surface area (Å²) in [6, 6.07) is 3.52. The van der Waals surface area contributed by atoms with Crippen molar-refractivity contribution in [2.24, 2.45) is 0 Å². The molecule has 2 heterocycles. The molecule has 0 aliphatic carbocycles. The van der Waals surface area contributed by atoms with E-state index < -0.39 is 10.8 Å². The van der Waals surface area contributed by atoms with Gasteiger partial charge < -0.3 is 4.74 Å². The third-order valence-electron chi connectivity index (χ3n) is 2.05. The number of thioether (sulfide) groups is 1. The third-order valence-corrected chi connectivity index (χ3v) is 3.13. The first kappa shape index (κ1) is 15.1. The van der Waals surface area contributed by atoms with Gasteiger partial charge in [-0.1, -0.05) is 11.8 Å². The van der Waals surface area contributed by atoms with Crippen LogP contribution in [0.2, 0.25) is 0 Å². The van der Waals surface area contributed by atoms with Crippen LogP contribution in [-0.4, -0.2) is 42.9 Å². The quantitative estimate of drug-likeness (QED) is 0.349. The number of carbonyl (C=O) groups excluding carboxylic acids is 1. The molecule has 2 rings (SSSR count). The average Bonchev–Trinajstić information content (AvgIpc) is 2.97. The number of rotatable bonds is 6. The van der Waals surface area contributed by atoms with Gasteiger partial charge in [0, 0.05) is 24.7 Å². The van der Waals surface area contributed by atoms with Gasteiger partial charge in [0.05, 0.1) is 5.75 Å². The molecule has 0 bridgehead atoms. The normalized spacial score (nSPS) is 10.8. The Morgan fingerprint density at radius 2 is 2.30 bits per heavy atom. The molecule has 0 N–H and O–H groups in total. The number of halogens is 2. The topological polar surface area (TPSA) is 69.9 Å². The zero-order valence-corrected chi connectivity index (χ0v) is 12.5. The van der Waals surface area contributed by atoms with Crippen molar-refractivity contribution in [3.63, 3.8) is 0 Å².